The summed E-state index contributed by atoms with van der Waals surface area (Å²) in [4.78, 5) is 25.2. The largest absolute Gasteiger partial charge is 0.462 e. The highest BCUT2D eigenvalue weighted by atomic mass is 31.2. The zero-order chi connectivity index (χ0) is 30.9. The van der Waals surface area contributed by atoms with E-state index in [1.165, 1.54) is 32.5 Å². The maximum Gasteiger partial charge on any atom is 0.459 e. The SMILES string of the molecule is COCc1nc(C)nc2c1ncn2[C@@H]1O[C@](F)(CO[P@](=O)(NC(C)C(=O)OC(C)C)Oc2ccccc2)[C@@H](O)[C@@]1(C)F. The first-order valence-corrected chi connectivity index (χ1v) is 14.6. The molecule has 42 heavy (non-hydrogen) atoms. The van der Waals surface area contributed by atoms with Gasteiger partial charge in [-0.3, -0.25) is 13.9 Å². The normalized spacial score (nSPS) is 26.3. The van der Waals surface area contributed by atoms with Gasteiger partial charge in [-0.1, -0.05) is 18.2 Å². The minimum atomic E-state index is -4.56. The van der Waals surface area contributed by atoms with E-state index in [-0.39, 0.29) is 23.5 Å². The number of hydrogen-bond donors (Lipinski definition) is 2. The van der Waals surface area contributed by atoms with Crippen LogP contribution in [0.5, 0.6) is 5.75 Å². The predicted molar refractivity (Wildman–Crippen MR) is 145 cm³/mol. The number of aromatic nitrogens is 4. The summed E-state index contributed by atoms with van der Waals surface area (Å²) < 4.78 is 73.8. The first kappa shape index (κ1) is 31.9. The summed E-state index contributed by atoms with van der Waals surface area (Å²) in [6.45, 7) is 6.01. The number of para-hydroxylation sites is 1. The highest BCUT2D eigenvalue weighted by molar-refractivity contribution is 7.52. The Kier molecular flexibility index (Phi) is 9.31. The van der Waals surface area contributed by atoms with Gasteiger partial charge < -0.3 is 23.8 Å². The molecule has 6 atom stereocenters. The van der Waals surface area contributed by atoms with Crippen LogP contribution in [0.15, 0.2) is 36.7 Å². The van der Waals surface area contributed by atoms with Crippen LogP contribution in [0.4, 0.5) is 8.78 Å². The summed E-state index contributed by atoms with van der Waals surface area (Å²) in [6.07, 6.45) is -3.46. The third-order valence-electron chi connectivity index (χ3n) is 6.33. The van der Waals surface area contributed by atoms with Gasteiger partial charge in [-0.25, -0.2) is 28.3 Å². The van der Waals surface area contributed by atoms with E-state index in [0.29, 0.717) is 11.5 Å². The lowest BCUT2D eigenvalue weighted by atomic mass is 9.97. The number of rotatable bonds is 12. The number of imidazole rings is 1. The van der Waals surface area contributed by atoms with E-state index in [1.54, 1.807) is 39.0 Å². The molecule has 2 N–H and O–H groups in total. The summed E-state index contributed by atoms with van der Waals surface area (Å²) in [7, 11) is -3.09. The average molecular weight is 614 g/mol. The maximum atomic E-state index is 16.2. The molecule has 1 fully saturated rings. The van der Waals surface area contributed by atoms with Crippen LogP contribution in [0.3, 0.4) is 0 Å². The van der Waals surface area contributed by atoms with Gasteiger partial charge in [0.1, 0.15) is 29.7 Å². The fourth-order valence-electron chi connectivity index (χ4n) is 4.38. The lowest BCUT2D eigenvalue weighted by molar-refractivity contribution is -0.202. The van der Waals surface area contributed by atoms with Gasteiger partial charge >= 0.3 is 13.7 Å². The lowest BCUT2D eigenvalue weighted by Crippen LogP contribution is -2.47. The van der Waals surface area contributed by atoms with Crippen molar-refractivity contribution in [1.82, 2.24) is 24.6 Å². The number of nitrogens with one attached hydrogen (secondary N) is 1. The summed E-state index contributed by atoms with van der Waals surface area (Å²) in [5, 5.41) is 13.2. The molecule has 4 rings (SSSR count). The van der Waals surface area contributed by atoms with Crippen molar-refractivity contribution in [2.24, 2.45) is 0 Å². The molecule has 0 spiro atoms. The van der Waals surface area contributed by atoms with Crippen LogP contribution in [-0.2, 0) is 34.7 Å². The minimum Gasteiger partial charge on any atom is -0.462 e. The van der Waals surface area contributed by atoms with Gasteiger partial charge in [-0.05, 0) is 46.8 Å². The molecule has 1 aromatic carbocycles. The molecular formula is C26H34F2N5O8P. The Labute approximate surface area is 241 Å². The summed E-state index contributed by atoms with van der Waals surface area (Å²) in [6, 6.07) is 6.57. The van der Waals surface area contributed by atoms with E-state index in [9.17, 15) is 14.5 Å². The molecule has 0 saturated carbocycles. The quantitative estimate of drug-likeness (QED) is 0.226. The fourth-order valence-corrected chi connectivity index (χ4v) is 5.88. The molecule has 1 unspecified atom stereocenters. The smallest absolute Gasteiger partial charge is 0.459 e. The first-order valence-electron chi connectivity index (χ1n) is 13.1. The van der Waals surface area contributed by atoms with E-state index in [2.05, 4.69) is 20.0 Å². The van der Waals surface area contributed by atoms with E-state index in [4.69, 9.17) is 23.3 Å². The monoisotopic (exact) mass is 613 g/mol. The van der Waals surface area contributed by atoms with Gasteiger partial charge in [-0.15, -0.1) is 0 Å². The number of methoxy groups -OCH3 is 1. The Hall–Kier alpha value is -3.07. The molecule has 3 aromatic rings. The molecule has 1 saturated heterocycles. The zero-order valence-corrected chi connectivity index (χ0v) is 24.9. The van der Waals surface area contributed by atoms with Crippen molar-refractivity contribution in [3.8, 4) is 5.75 Å². The molecular weight excluding hydrogens is 579 g/mol. The molecule has 13 nitrogen and oxygen atoms in total. The number of fused-ring (bicyclic) bond motifs is 1. The van der Waals surface area contributed by atoms with Crippen LogP contribution in [0.1, 0.15) is 45.4 Å². The van der Waals surface area contributed by atoms with Crippen LogP contribution in [0.2, 0.25) is 0 Å². The van der Waals surface area contributed by atoms with Crippen molar-refractivity contribution in [1.29, 1.82) is 0 Å². The van der Waals surface area contributed by atoms with Gasteiger partial charge in [-0.2, -0.15) is 5.09 Å². The van der Waals surface area contributed by atoms with Gasteiger partial charge in [0.15, 0.2) is 23.6 Å². The van der Waals surface area contributed by atoms with E-state index in [1.807, 2.05) is 0 Å². The highest BCUT2D eigenvalue weighted by Crippen LogP contribution is 2.52. The summed E-state index contributed by atoms with van der Waals surface area (Å²) >= 11 is 0. The zero-order valence-electron chi connectivity index (χ0n) is 24.0. The van der Waals surface area contributed by atoms with Crippen LogP contribution >= 0.6 is 7.75 Å². The maximum absolute atomic E-state index is 16.2. The molecule has 16 heteroatoms. The molecule has 230 valence electrons. The lowest BCUT2D eigenvalue weighted by Gasteiger charge is -2.28. The van der Waals surface area contributed by atoms with Crippen molar-refractivity contribution < 1.29 is 46.5 Å². The number of hydrogen-bond acceptors (Lipinski definition) is 11. The Bertz CT molecular complexity index is 1460. The number of halogens is 2. The molecule has 1 aliphatic rings. The van der Waals surface area contributed by atoms with Gasteiger partial charge in [0, 0.05) is 7.11 Å². The van der Waals surface area contributed by atoms with E-state index in [0.717, 1.165) is 11.5 Å². The Morgan fingerprint density at radius 2 is 1.93 bits per heavy atom. The highest BCUT2D eigenvalue weighted by Gasteiger charge is 2.65. The molecule has 2 aromatic heterocycles. The number of esters is 1. The number of alkyl halides is 2. The second-order valence-corrected chi connectivity index (χ2v) is 12.0. The average Bonchev–Trinajstić information content (AvgIpc) is 3.40. The molecule has 3 heterocycles. The molecule has 0 aliphatic carbocycles. The van der Waals surface area contributed by atoms with Crippen LogP contribution in [-0.4, -0.2) is 74.1 Å². The summed E-state index contributed by atoms with van der Waals surface area (Å²) in [5.74, 6) is -3.61. The second-order valence-electron chi connectivity index (χ2n) is 10.3. The van der Waals surface area contributed by atoms with Gasteiger partial charge in [0.25, 0.3) is 5.85 Å². The Balaban J connectivity index is 1.61. The standard InChI is InChI=1S/C26H34F2N5O8P/c1-15(2)39-22(34)16(3)32-42(36,41-18-10-8-7-9-11-18)38-13-26(28)23(35)25(5,27)24(40-26)33-14-29-20-19(12-37-6)30-17(4)31-21(20)33/h7-11,14-16,23-24,35H,12-13H2,1-6H3,(H,32,36)/t16?,23-,24+,25+,26+,42+/m0/s1. The number of aryl methyl sites for hydroxylation is 1. The van der Waals surface area contributed by atoms with Gasteiger partial charge in [0.2, 0.25) is 0 Å². The van der Waals surface area contributed by atoms with Crippen LogP contribution < -0.4 is 9.61 Å². The number of aliphatic hydroxyl groups excluding tert-OH is 1. The number of carbonyl (C=O) groups is 1. The number of nitrogens with zero attached hydrogens (tertiary/aromatic N) is 4. The molecule has 0 bridgehead atoms. The Morgan fingerprint density at radius 3 is 2.57 bits per heavy atom. The van der Waals surface area contributed by atoms with Crippen LogP contribution in [0.25, 0.3) is 11.2 Å². The fraction of sp³-hybridized carbons (Fsp3) is 0.538. The molecule has 1 aliphatic heterocycles. The van der Waals surface area contributed by atoms with Crippen molar-refractivity contribution in [2.75, 3.05) is 13.7 Å². The first-order chi connectivity index (χ1) is 19.7. The van der Waals surface area contributed by atoms with Crippen molar-refractivity contribution in [3.05, 3.63) is 48.2 Å². The van der Waals surface area contributed by atoms with E-state index < -0.39 is 56.3 Å². The van der Waals surface area contributed by atoms with Crippen molar-refractivity contribution in [3.63, 3.8) is 0 Å². The number of benzene rings is 1. The molecule has 0 radical (unpaired) electrons. The number of carbonyl (C=O) groups excluding carboxylic acids is 1. The summed E-state index contributed by atoms with van der Waals surface area (Å²) in [5.41, 5.74) is -1.92. The number of aliphatic hydroxyl groups is 1. The van der Waals surface area contributed by atoms with E-state index >= 15 is 8.78 Å². The third kappa shape index (κ3) is 6.61. The van der Waals surface area contributed by atoms with Crippen LogP contribution in [0, 0.1) is 6.92 Å². The Morgan fingerprint density at radius 1 is 1.24 bits per heavy atom. The number of ether oxygens (including phenoxy) is 3. The topological polar surface area (TPSA) is 156 Å². The molecule has 0 amide bonds. The van der Waals surface area contributed by atoms with Crippen molar-refractivity contribution >= 4 is 24.9 Å². The second kappa shape index (κ2) is 12.3. The predicted octanol–water partition coefficient (Wildman–Crippen LogP) is 3.70. The third-order valence-corrected chi connectivity index (χ3v) is 7.95. The van der Waals surface area contributed by atoms with Gasteiger partial charge in [0.05, 0.1) is 24.7 Å². The van der Waals surface area contributed by atoms with Crippen molar-refractivity contribution in [2.45, 2.75) is 77.2 Å². The minimum absolute atomic E-state index is 0.0681.